The monoisotopic (exact) mass is 261 g/mol. The van der Waals surface area contributed by atoms with Crippen LogP contribution in [-0.2, 0) is 0 Å². The Morgan fingerprint density at radius 3 is 2.68 bits per heavy atom. The number of pyridine rings is 1. The predicted molar refractivity (Wildman–Crippen MR) is 75.9 cm³/mol. The van der Waals surface area contributed by atoms with Gasteiger partial charge in [-0.05, 0) is 51.2 Å². The van der Waals surface area contributed by atoms with Gasteiger partial charge in [0, 0.05) is 24.8 Å². The Labute approximate surface area is 115 Å². The van der Waals surface area contributed by atoms with Crippen molar-refractivity contribution in [3.63, 3.8) is 0 Å². The predicted octanol–water partition coefficient (Wildman–Crippen LogP) is 2.12. The molecule has 2 rings (SSSR count). The second-order valence-corrected chi connectivity index (χ2v) is 5.33. The topological polar surface area (TPSA) is 59.2 Å². The summed E-state index contributed by atoms with van der Waals surface area (Å²) in [5, 5.41) is 0. The number of rotatable bonds is 3. The first-order chi connectivity index (χ1) is 9.13. The highest BCUT2D eigenvalue weighted by Gasteiger charge is 2.28. The van der Waals surface area contributed by atoms with E-state index < -0.39 is 0 Å². The van der Waals surface area contributed by atoms with E-state index in [-0.39, 0.29) is 5.91 Å². The van der Waals surface area contributed by atoms with Gasteiger partial charge in [0.25, 0.3) is 5.91 Å². The Bertz CT molecular complexity index is 439. The molecule has 1 aliphatic carbocycles. The van der Waals surface area contributed by atoms with Gasteiger partial charge in [0.05, 0.1) is 0 Å². The van der Waals surface area contributed by atoms with Gasteiger partial charge in [-0.1, -0.05) is 6.07 Å². The molecule has 0 bridgehead atoms. The smallest absolute Gasteiger partial charge is 0.272 e. The summed E-state index contributed by atoms with van der Waals surface area (Å²) < 4.78 is 0. The molecule has 1 saturated carbocycles. The van der Waals surface area contributed by atoms with E-state index in [4.69, 9.17) is 5.73 Å². The number of carbonyl (C=O) groups is 1. The molecular weight excluding hydrogens is 238 g/mol. The largest absolute Gasteiger partial charge is 0.335 e. The molecule has 1 aliphatic rings. The molecule has 1 heterocycles. The van der Waals surface area contributed by atoms with Crippen molar-refractivity contribution < 1.29 is 4.79 Å². The van der Waals surface area contributed by atoms with E-state index in [1.165, 1.54) is 0 Å². The fraction of sp³-hybridized carbons (Fsp3) is 0.600. The van der Waals surface area contributed by atoms with Crippen molar-refractivity contribution in [2.75, 3.05) is 6.54 Å². The SMILES string of the molecule is CCN(C(=O)c1ncccc1C)C1CCC(N)CC1. The van der Waals surface area contributed by atoms with Crippen molar-refractivity contribution in [3.8, 4) is 0 Å². The van der Waals surface area contributed by atoms with E-state index in [0.717, 1.165) is 37.8 Å². The lowest BCUT2D eigenvalue weighted by Gasteiger charge is -2.35. The molecule has 1 aromatic rings. The van der Waals surface area contributed by atoms with Gasteiger partial charge in [-0.25, -0.2) is 0 Å². The van der Waals surface area contributed by atoms with Gasteiger partial charge in [0.1, 0.15) is 5.69 Å². The van der Waals surface area contributed by atoms with Crippen LogP contribution in [-0.4, -0.2) is 34.4 Å². The number of nitrogens with two attached hydrogens (primary N) is 1. The molecule has 1 fully saturated rings. The number of hydrogen-bond donors (Lipinski definition) is 1. The minimum absolute atomic E-state index is 0.0565. The second-order valence-electron chi connectivity index (χ2n) is 5.33. The van der Waals surface area contributed by atoms with Crippen LogP contribution in [0.15, 0.2) is 18.3 Å². The van der Waals surface area contributed by atoms with E-state index in [9.17, 15) is 4.79 Å². The molecule has 0 unspecified atom stereocenters. The third-order valence-electron chi connectivity index (χ3n) is 4.00. The highest BCUT2D eigenvalue weighted by Crippen LogP contribution is 2.23. The third-order valence-corrected chi connectivity index (χ3v) is 4.00. The normalized spacial score (nSPS) is 23.1. The number of aryl methyl sites for hydroxylation is 1. The second kappa shape index (κ2) is 6.15. The fourth-order valence-corrected chi connectivity index (χ4v) is 2.83. The van der Waals surface area contributed by atoms with Crippen molar-refractivity contribution in [3.05, 3.63) is 29.6 Å². The number of hydrogen-bond acceptors (Lipinski definition) is 3. The van der Waals surface area contributed by atoms with Crippen LogP contribution >= 0.6 is 0 Å². The van der Waals surface area contributed by atoms with Crippen LogP contribution < -0.4 is 5.73 Å². The van der Waals surface area contributed by atoms with Crippen LogP contribution in [0.25, 0.3) is 0 Å². The number of amides is 1. The van der Waals surface area contributed by atoms with E-state index in [1.54, 1.807) is 6.20 Å². The Balaban J connectivity index is 2.13. The maximum Gasteiger partial charge on any atom is 0.272 e. The average molecular weight is 261 g/mol. The lowest BCUT2D eigenvalue weighted by molar-refractivity contribution is 0.0634. The maximum atomic E-state index is 12.6. The lowest BCUT2D eigenvalue weighted by atomic mass is 9.90. The molecule has 2 N–H and O–H groups in total. The summed E-state index contributed by atoms with van der Waals surface area (Å²) in [5.41, 5.74) is 7.46. The average Bonchev–Trinajstić information content (AvgIpc) is 2.42. The Morgan fingerprint density at radius 2 is 2.11 bits per heavy atom. The van der Waals surface area contributed by atoms with Gasteiger partial charge in [0.15, 0.2) is 0 Å². The summed E-state index contributed by atoms with van der Waals surface area (Å²) in [7, 11) is 0. The minimum atomic E-state index is 0.0565. The van der Waals surface area contributed by atoms with Gasteiger partial charge < -0.3 is 10.6 Å². The molecule has 0 atom stereocenters. The number of aromatic nitrogens is 1. The summed E-state index contributed by atoms with van der Waals surface area (Å²) in [6.07, 6.45) is 5.72. The highest BCUT2D eigenvalue weighted by atomic mass is 16.2. The van der Waals surface area contributed by atoms with E-state index in [0.29, 0.717) is 17.8 Å². The van der Waals surface area contributed by atoms with Crippen molar-refractivity contribution in [1.29, 1.82) is 0 Å². The van der Waals surface area contributed by atoms with Crippen molar-refractivity contribution in [2.45, 2.75) is 51.6 Å². The maximum absolute atomic E-state index is 12.6. The third kappa shape index (κ3) is 3.13. The van der Waals surface area contributed by atoms with Crippen LogP contribution in [0.1, 0.15) is 48.7 Å². The van der Waals surface area contributed by atoms with E-state index in [2.05, 4.69) is 4.98 Å². The molecular formula is C15H23N3O. The first-order valence-electron chi connectivity index (χ1n) is 7.11. The number of carbonyl (C=O) groups excluding carboxylic acids is 1. The Morgan fingerprint density at radius 1 is 1.42 bits per heavy atom. The van der Waals surface area contributed by atoms with Crippen molar-refractivity contribution in [1.82, 2.24) is 9.88 Å². The summed E-state index contributed by atoms with van der Waals surface area (Å²) in [6, 6.07) is 4.42. The number of nitrogens with zero attached hydrogens (tertiary/aromatic N) is 2. The molecule has 104 valence electrons. The Kier molecular flexibility index (Phi) is 4.53. The molecule has 0 spiro atoms. The molecule has 0 radical (unpaired) electrons. The minimum Gasteiger partial charge on any atom is -0.335 e. The summed E-state index contributed by atoms with van der Waals surface area (Å²) in [6.45, 7) is 4.70. The van der Waals surface area contributed by atoms with Gasteiger partial charge in [-0.3, -0.25) is 9.78 Å². The molecule has 4 heteroatoms. The summed E-state index contributed by atoms with van der Waals surface area (Å²) in [4.78, 5) is 18.8. The van der Waals surface area contributed by atoms with Crippen LogP contribution in [0, 0.1) is 6.92 Å². The molecule has 1 amide bonds. The summed E-state index contributed by atoms with van der Waals surface area (Å²) >= 11 is 0. The van der Waals surface area contributed by atoms with Crippen molar-refractivity contribution >= 4 is 5.91 Å². The molecule has 19 heavy (non-hydrogen) atoms. The molecule has 0 aliphatic heterocycles. The highest BCUT2D eigenvalue weighted by molar-refractivity contribution is 5.93. The van der Waals surface area contributed by atoms with Crippen LogP contribution in [0.5, 0.6) is 0 Å². The van der Waals surface area contributed by atoms with Gasteiger partial charge in [-0.2, -0.15) is 0 Å². The zero-order chi connectivity index (χ0) is 13.8. The van der Waals surface area contributed by atoms with Crippen molar-refractivity contribution in [2.24, 2.45) is 5.73 Å². The summed E-state index contributed by atoms with van der Waals surface area (Å²) in [5.74, 6) is 0.0565. The van der Waals surface area contributed by atoms with Gasteiger partial charge in [0.2, 0.25) is 0 Å². The zero-order valence-corrected chi connectivity index (χ0v) is 11.8. The quantitative estimate of drug-likeness (QED) is 0.906. The van der Waals surface area contributed by atoms with Gasteiger partial charge in [-0.15, -0.1) is 0 Å². The van der Waals surface area contributed by atoms with Crippen LogP contribution in [0.3, 0.4) is 0 Å². The zero-order valence-electron chi connectivity index (χ0n) is 11.8. The molecule has 4 nitrogen and oxygen atoms in total. The first-order valence-corrected chi connectivity index (χ1v) is 7.11. The fourth-order valence-electron chi connectivity index (χ4n) is 2.83. The lowest BCUT2D eigenvalue weighted by Crippen LogP contribution is -2.44. The van der Waals surface area contributed by atoms with Crippen LogP contribution in [0.2, 0.25) is 0 Å². The molecule has 0 aromatic carbocycles. The van der Waals surface area contributed by atoms with Gasteiger partial charge >= 0.3 is 0 Å². The van der Waals surface area contributed by atoms with Crippen LogP contribution in [0.4, 0.5) is 0 Å². The molecule has 0 saturated heterocycles. The molecule has 1 aromatic heterocycles. The van der Waals surface area contributed by atoms with E-state index >= 15 is 0 Å². The standard InChI is InChI=1S/C15H23N3O/c1-3-18(13-8-6-12(16)7-9-13)15(19)14-11(2)5-4-10-17-14/h4-5,10,12-13H,3,6-9,16H2,1-2H3. The Hall–Kier alpha value is -1.42. The first kappa shape index (κ1) is 14.0. The van der Waals surface area contributed by atoms with E-state index in [1.807, 2.05) is 30.9 Å².